The van der Waals surface area contributed by atoms with E-state index in [1.807, 2.05) is 18.2 Å². The third-order valence-corrected chi connectivity index (χ3v) is 5.61. The van der Waals surface area contributed by atoms with Gasteiger partial charge in [-0.25, -0.2) is 0 Å². The Labute approximate surface area is 133 Å². The van der Waals surface area contributed by atoms with Crippen LogP contribution in [-0.4, -0.2) is 24.0 Å². The van der Waals surface area contributed by atoms with Gasteiger partial charge in [-0.15, -0.1) is 23.2 Å². The van der Waals surface area contributed by atoms with Crippen molar-refractivity contribution in [1.82, 2.24) is 0 Å². The van der Waals surface area contributed by atoms with Crippen LogP contribution in [0.15, 0.2) is 28.7 Å². The molecule has 4 heteroatoms. The number of halogens is 3. The molecule has 2 atom stereocenters. The minimum absolute atomic E-state index is 0.224. The van der Waals surface area contributed by atoms with E-state index >= 15 is 0 Å². The van der Waals surface area contributed by atoms with Crippen molar-refractivity contribution in [2.75, 3.05) is 11.8 Å². The Morgan fingerprint density at radius 1 is 1.26 bits per heavy atom. The van der Waals surface area contributed by atoms with Crippen molar-refractivity contribution in [1.29, 1.82) is 0 Å². The first kappa shape index (κ1) is 15.6. The van der Waals surface area contributed by atoms with Crippen molar-refractivity contribution < 1.29 is 4.74 Å². The van der Waals surface area contributed by atoms with Crippen molar-refractivity contribution >= 4 is 39.1 Å². The highest BCUT2D eigenvalue weighted by atomic mass is 79.9. The van der Waals surface area contributed by atoms with Gasteiger partial charge in [0, 0.05) is 21.6 Å². The van der Waals surface area contributed by atoms with E-state index in [1.165, 1.54) is 5.56 Å². The minimum atomic E-state index is -0.224. The monoisotopic (exact) mass is 364 g/mol. The molecule has 2 rings (SSSR count). The van der Waals surface area contributed by atoms with Gasteiger partial charge in [0.25, 0.3) is 0 Å². The van der Waals surface area contributed by atoms with Gasteiger partial charge in [0.15, 0.2) is 0 Å². The lowest BCUT2D eigenvalue weighted by molar-refractivity contribution is 0.0400. The fourth-order valence-electron chi connectivity index (χ4n) is 2.76. The number of ether oxygens (including phenoxy) is 1. The maximum atomic E-state index is 6.28. The highest BCUT2D eigenvalue weighted by molar-refractivity contribution is 9.10. The lowest BCUT2D eigenvalue weighted by Crippen LogP contribution is -2.35. The van der Waals surface area contributed by atoms with Gasteiger partial charge in [0.2, 0.25) is 0 Å². The molecule has 0 saturated carbocycles. The summed E-state index contributed by atoms with van der Waals surface area (Å²) in [5, 5.41) is 0. The van der Waals surface area contributed by atoms with Gasteiger partial charge >= 0.3 is 0 Å². The molecular weight excluding hydrogens is 347 g/mol. The van der Waals surface area contributed by atoms with E-state index in [0.717, 1.165) is 23.7 Å². The summed E-state index contributed by atoms with van der Waals surface area (Å²) in [5.41, 5.74) is 0.959. The molecule has 0 aromatic heterocycles. The summed E-state index contributed by atoms with van der Waals surface area (Å²) in [4.78, 5) is 0. The normalized spacial score (nSPS) is 23.8. The van der Waals surface area contributed by atoms with Crippen LogP contribution < -0.4 is 0 Å². The molecule has 106 valence electrons. The maximum Gasteiger partial charge on any atom is 0.0589 e. The summed E-state index contributed by atoms with van der Waals surface area (Å²) in [6, 6.07) is 8.19. The van der Waals surface area contributed by atoms with Crippen LogP contribution in [0.3, 0.4) is 0 Å². The van der Waals surface area contributed by atoms with E-state index in [1.54, 1.807) is 0 Å². The number of benzene rings is 1. The summed E-state index contributed by atoms with van der Waals surface area (Å²) in [6.07, 6.45) is 3.72. The second-order valence-electron chi connectivity index (χ2n) is 5.38. The Morgan fingerprint density at radius 2 is 1.95 bits per heavy atom. The second kappa shape index (κ2) is 6.80. The molecule has 1 heterocycles. The van der Waals surface area contributed by atoms with E-state index in [4.69, 9.17) is 27.9 Å². The Hall–Kier alpha value is 0.240. The second-order valence-corrected chi connectivity index (χ2v) is 6.77. The predicted molar refractivity (Wildman–Crippen MR) is 85.4 cm³/mol. The summed E-state index contributed by atoms with van der Waals surface area (Å²) in [6.45, 7) is 2.13. The average molecular weight is 366 g/mol. The molecule has 1 saturated heterocycles. The molecular formula is C15H19BrCl2O. The van der Waals surface area contributed by atoms with Crippen molar-refractivity contribution in [2.45, 2.75) is 43.8 Å². The Kier molecular flexibility index (Phi) is 5.59. The van der Waals surface area contributed by atoms with E-state index in [-0.39, 0.29) is 11.5 Å². The molecule has 1 fully saturated rings. The minimum Gasteiger partial charge on any atom is -0.375 e. The lowest BCUT2D eigenvalue weighted by Gasteiger charge is -2.33. The Bertz CT molecular complexity index is 420. The van der Waals surface area contributed by atoms with E-state index in [0.29, 0.717) is 17.9 Å². The van der Waals surface area contributed by atoms with Crippen molar-refractivity contribution in [3.63, 3.8) is 0 Å². The van der Waals surface area contributed by atoms with Gasteiger partial charge < -0.3 is 4.74 Å². The Morgan fingerprint density at radius 3 is 2.47 bits per heavy atom. The summed E-state index contributed by atoms with van der Waals surface area (Å²) in [5.74, 6) is 1.01. The fraction of sp³-hybridized carbons (Fsp3) is 0.600. The summed E-state index contributed by atoms with van der Waals surface area (Å²) < 4.78 is 7.02. The van der Waals surface area contributed by atoms with Crippen LogP contribution in [0.25, 0.3) is 0 Å². The van der Waals surface area contributed by atoms with Crippen LogP contribution in [-0.2, 0) is 10.2 Å². The molecule has 1 nitrogen and oxygen atoms in total. The van der Waals surface area contributed by atoms with Crippen molar-refractivity contribution in [3.05, 3.63) is 34.3 Å². The zero-order valence-corrected chi connectivity index (χ0v) is 14.1. The van der Waals surface area contributed by atoms with Crippen molar-refractivity contribution in [3.8, 4) is 0 Å². The molecule has 2 unspecified atom stereocenters. The first-order chi connectivity index (χ1) is 9.11. The van der Waals surface area contributed by atoms with Gasteiger partial charge in [0.1, 0.15) is 0 Å². The van der Waals surface area contributed by atoms with Gasteiger partial charge in [-0.05, 0) is 37.8 Å². The highest BCUT2D eigenvalue weighted by Gasteiger charge is 2.37. The third kappa shape index (κ3) is 3.47. The number of alkyl halides is 2. The van der Waals surface area contributed by atoms with E-state index in [9.17, 15) is 0 Å². The van der Waals surface area contributed by atoms with Crippen LogP contribution in [0, 0.1) is 0 Å². The van der Waals surface area contributed by atoms with Gasteiger partial charge in [-0.1, -0.05) is 34.1 Å². The summed E-state index contributed by atoms with van der Waals surface area (Å²) in [7, 11) is 0. The van der Waals surface area contributed by atoms with Crippen LogP contribution >= 0.6 is 39.1 Å². The molecule has 19 heavy (non-hydrogen) atoms. The topological polar surface area (TPSA) is 9.23 Å². The smallest absolute Gasteiger partial charge is 0.0589 e. The van der Waals surface area contributed by atoms with Gasteiger partial charge in [0.05, 0.1) is 12.2 Å². The third-order valence-electron chi connectivity index (χ3n) is 3.90. The molecule has 1 aromatic carbocycles. The molecule has 0 amide bonds. The molecule has 1 aromatic rings. The highest BCUT2D eigenvalue weighted by Crippen LogP contribution is 2.39. The van der Waals surface area contributed by atoms with Gasteiger partial charge in [-0.3, -0.25) is 0 Å². The first-order valence-corrected chi connectivity index (χ1v) is 8.50. The van der Waals surface area contributed by atoms with Crippen LogP contribution in [0.5, 0.6) is 0 Å². The zero-order chi connectivity index (χ0) is 13.9. The number of hydrogen-bond acceptors (Lipinski definition) is 1. The number of hydrogen-bond donors (Lipinski definition) is 0. The predicted octanol–water partition coefficient (Wildman–Crippen LogP) is 5.12. The summed E-state index contributed by atoms with van der Waals surface area (Å²) >= 11 is 16.2. The van der Waals surface area contributed by atoms with E-state index < -0.39 is 0 Å². The lowest BCUT2D eigenvalue weighted by atomic mass is 9.79. The molecule has 0 aliphatic carbocycles. The number of rotatable bonds is 5. The molecule has 1 aliphatic rings. The van der Waals surface area contributed by atoms with Crippen LogP contribution in [0.2, 0.25) is 0 Å². The molecule has 0 N–H and O–H groups in total. The molecule has 0 spiro atoms. The van der Waals surface area contributed by atoms with Crippen LogP contribution in [0.4, 0.5) is 0 Å². The standard InChI is InChI=1S/C15H19BrCl2O/c1-11-6-7-12(19-11)8-15(9-17,10-18)13-4-2-3-5-14(13)16/h2-5,11-12H,6-10H2,1H3. The Balaban J connectivity index is 2.25. The SMILES string of the molecule is CC1CCC(CC(CCl)(CCl)c2ccccc2Br)O1. The maximum absolute atomic E-state index is 6.28. The van der Waals surface area contributed by atoms with Crippen molar-refractivity contribution in [2.24, 2.45) is 0 Å². The van der Waals surface area contributed by atoms with Crippen LogP contribution in [0.1, 0.15) is 31.7 Å². The van der Waals surface area contributed by atoms with E-state index in [2.05, 4.69) is 28.9 Å². The van der Waals surface area contributed by atoms with Gasteiger partial charge in [-0.2, -0.15) is 0 Å². The molecule has 0 bridgehead atoms. The fourth-order valence-corrected chi connectivity index (χ4v) is 4.26. The largest absolute Gasteiger partial charge is 0.375 e. The average Bonchev–Trinajstić information content (AvgIpc) is 2.82. The molecule has 0 radical (unpaired) electrons. The molecule has 1 aliphatic heterocycles. The quantitative estimate of drug-likeness (QED) is 0.658. The first-order valence-electron chi connectivity index (χ1n) is 6.64. The zero-order valence-electron chi connectivity index (χ0n) is 11.0.